The lowest BCUT2D eigenvalue weighted by molar-refractivity contribution is -0.119. The van der Waals surface area contributed by atoms with E-state index < -0.39 is 5.97 Å². The molecule has 6 heteroatoms. The summed E-state index contributed by atoms with van der Waals surface area (Å²) in [4.78, 5) is 28.9. The van der Waals surface area contributed by atoms with Gasteiger partial charge in [-0.3, -0.25) is 4.79 Å². The van der Waals surface area contributed by atoms with Gasteiger partial charge in [-0.05, 0) is 36.4 Å². The fourth-order valence-corrected chi connectivity index (χ4v) is 2.43. The number of para-hydroxylation sites is 1. The molecule has 3 aromatic rings. The number of hydrogen-bond acceptors (Lipinski definition) is 4. The average molecular weight is 337 g/mol. The summed E-state index contributed by atoms with van der Waals surface area (Å²) >= 11 is 0. The van der Waals surface area contributed by atoms with Crippen LogP contribution in [0.4, 0.5) is 11.4 Å². The topological polar surface area (TPSA) is 74.4 Å². The van der Waals surface area contributed by atoms with E-state index in [-0.39, 0.29) is 12.5 Å². The molecule has 0 aliphatic carbocycles. The van der Waals surface area contributed by atoms with Gasteiger partial charge in [-0.15, -0.1) is 0 Å². The molecule has 0 spiro atoms. The maximum absolute atomic E-state index is 12.1. The van der Waals surface area contributed by atoms with Crippen molar-refractivity contribution in [3.8, 4) is 0 Å². The van der Waals surface area contributed by atoms with Crippen molar-refractivity contribution in [3.05, 3.63) is 60.3 Å². The number of hydrogen-bond donors (Lipinski definition) is 2. The van der Waals surface area contributed by atoms with Gasteiger partial charge < -0.3 is 19.9 Å². The maximum Gasteiger partial charge on any atom is 0.355 e. The highest BCUT2D eigenvalue weighted by Crippen LogP contribution is 2.16. The molecule has 2 N–H and O–H groups in total. The van der Waals surface area contributed by atoms with E-state index in [9.17, 15) is 9.59 Å². The number of benzene rings is 2. The highest BCUT2D eigenvalue weighted by molar-refractivity contribution is 5.97. The van der Waals surface area contributed by atoms with Crippen LogP contribution in [0.5, 0.6) is 0 Å². The van der Waals surface area contributed by atoms with E-state index in [1.54, 1.807) is 18.2 Å². The van der Waals surface area contributed by atoms with Gasteiger partial charge in [0.2, 0.25) is 0 Å². The number of esters is 1. The SMILES string of the molecule is CN(C)c1ccc(NC(=O)COC(=O)c2cc3ccccc3[nH]2)cc1. The van der Waals surface area contributed by atoms with Crippen molar-refractivity contribution in [2.24, 2.45) is 0 Å². The zero-order chi connectivity index (χ0) is 17.8. The predicted octanol–water partition coefficient (Wildman–Crippen LogP) is 3.03. The van der Waals surface area contributed by atoms with Crippen LogP contribution in [-0.4, -0.2) is 37.6 Å². The summed E-state index contributed by atoms with van der Waals surface area (Å²) in [6.07, 6.45) is 0. The van der Waals surface area contributed by atoms with E-state index in [2.05, 4.69) is 10.3 Å². The molecule has 0 atom stereocenters. The van der Waals surface area contributed by atoms with Crippen molar-refractivity contribution in [1.29, 1.82) is 0 Å². The minimum absolute atomic E-state index is 0.323. The van der Waals surface area contributed by atoms with Crippen LogP contribution in [0, 0.1) is 0 Å². The molecule has 0 unspecified atom stereocenters. The molecular weight excluding hydrogens is 318 g/mol. The first-order valence-electron chi connectivity index (χ1n) is 7.85. The van der Waals surface area contributed by atoms with Crippen LogP contribution in [-0.2, 0) is 9.53 Å². The van der Waals surface area contributed by atoms with Crippen molar-refractivity contribution >= 4 is 34.2 Å². The number of amides is 1. The molecule has 0 aliphatic rings. The first-order valence-corrected chi connectivity index (χ1v) is 7.85. The zero-order valence-electron chi connectivity index (χ0n) is 14.1. The van der Waals surface area contributed by atoms with Gasteiger partial charge >= 0.3 is 5.97 Å². The van der Waals surface area contributed by atoms with Crippen LogP contribution in [0.2, 0.25) is 0 Å². The molecule has 0 aliphatic heterocycles. The number of carbonyl (C=O) groups is 2. The van der Waals surface area contributed by atoms with Gasteiger partial charge in [-0.2, -0.15) is 0 Å². The van der Waals surface area contributed by atoms with E-state index >= 15 is 0 Å². The lowest BCUT2D eigenvalue weighted by Crippen LogP contribution is -2.21. The van der Waals surface area contributed by atoms with Crippen LogP contribution >= 0.6 is 0 Å². The molecule has 6 nitrogen and oxygen atoms in total. The predicted molar refractivity (Wildman–Crippen MR) is 98.0 cm³/mol. The van der Waals surface area contributed by atoms with E-state index in [1.165, 1.54) is 0 Å². The minimum atomic E-state index is -0.561. The Morgan fingerprint density at radius 3 is 2.48 bits per heavy atom. The van der Waals surface area contributed by atoms with Crippen LogP contribution < -0.4 is 10.2 Å². The highest BCUT2D eigenvalue weighted by Gasteiger charge is 2.13. The fourth-order valence-electron chi connectivity index (χ4n) is 2.43. The van der Waals surface area contributed by atoms with Gasteiger partial charge in [-0.1, -0.05) is 18.2 Å². The third kappa shape index (κ3) is 3.98. The van der Waals surface area contributed by atoms with Crippen LogP contribution in [0.25, 0.3) is 10.9 Å². The van der Waals surface area contributed by atoms with Crippen molar-refractivity contribution in [2.45, 2.75) is 0 Å². The van der Waals surface area contributed by atoms with E-state index in [1.807, 2.05) is 55.4 Å². The van der Waals surface area contributed by atoms with Gasteiger partial charge in [0.1, 0.15) is 5.69 Å². The van der Waals surface area contributed by atoms with Crippen LogP contribution in [0.3, 0.4) is 0 Å². The van der Waals surface area contributed by atoms with E-state index in [0.29, 0.717) is 11.4 Å². The summed E-state index contributed by atoms with van der Waals surface area (Å²) in [6, 6.07) is 16.6. The number of anilines is 2. The second kappa shape index (κ2) is 7.09. The highest BCUT2D eigenvalue weighted by atomic mass is 16.5. The molecule has 0 bridgehead atoms. The van der Waals surface area contributed by atoms with Crippen molar-refractivity contribution in [2.75, 3.05) is 30.9 Å². The Hall–Kier alpha value is -3.28. The van der Waals surface area contributed by atoms with Gasteiger partial charge in [0.15, 0.2) is 6.61 Å². The molecule has 0 saturated heterocycles. The molecule has 1 heterocycles. The minimum Gasteiger partial charge on any atom is -0.451 e. The van der Waals surface area contributed by atoms with E-state index in [0.717, 1.165) is 16.6 Å². The first-order chi connectivity index (χ1) is 12.0. The normalized spacial score (nSPS) is 10.5. The molecule has 1 aromatic heterocycles. The molecule has 3 rings (SSSR count). The Morgan fingerprint density at radius 1 is 1.08 bits per heavy atom. The third-order valence-electron chi connectivity index (χ3n) is 3.75. The number of fused-ring (bicyclic) bond motifs is 1. The monoisotopic (exact) mass is 337 g/mol. The Morgan fingerprint density at radius 2 is 1.80 bits per heavy atom. The fraction of sp³-hybridized carbons (Fsp3) is 0.158. The second-order valence-corrected chi connectivity index (χ2v) is 5.84. The number of H-pyrrole nitrogens is 1. The van der Waals surface area contributed by atoms with Gasteiger partial charge in [0, 0.05) is 36.4 Å². The molecule has 0 saturated carbocycles. The molecule has 1 amide bonds. The zero-order valence-corrected chi connectivity index (χ0v) is 14.1. The maximum atomic E-state index is 12.1. The summed E-state index contributed by atoms with van der Waals surface area (Å²) in [5.41, 5.74) is 2.85. The molecule has 25 heavy (non-hydrogen) atoms. The number of ether oxygens (including phenoxy) is 1. The molecular formula is C19H19N3O3. The van der Waals surface area contributed by atoms with E-state index in [4.69, 9.17) is 4.74 Å². The number of aromatic amines is 1. The smallest absolute Gasteiger partial charge is 0.355 e. The lowest BCUT2D eigenvalue weighted by atomic mass is 10.2. The Balaban J connectivity index is 1.55. The number of carbonyl (C=O) groups excluding carboxylic acids is 2. The van der Waals surface area contributed by atoms with Crippen molar-refractivity contribution in [1.82, 2.24) is 4.98 Å². The number of aromatic nitrogens is 1. The van der Waals surface area contributed by atoms with Gasteiger partial charge in [0.25, 0.3) is 5.91 Å². The average Bonchev–Trinajstić information content (AvgIpc) is 3.04. The summed E-state index contributed by atoms with van der Waals surface area (Å²) in [5, 5.41) is 3.61. The second-order valence-electron chi connectivity index (χ2n) is 5.84. The molecule has 128 valence electrons. The largest absolute Gasteiger partial charge is 0.451 e. The third-order valence-corrected chi connectivity index (χ3v) is 3.75. The van der Waals surface area contributed by atoms with Crippen molar-refractivity contribution in [3.63, 3.8) is 0 Å². The van der Waals surface area contributed by atoms with Crippen molar-refractivity contribution < 1.29 is 14.3 Å². The molecule has 0 fully saturated rings. The van der Waals surface area contributed by atoms with Crippen LogP contribution in [0.15, 0.2) is 54.6 Å². The molecule has 0 radical (unpaired) electrons. The van der Waals surface area contributed by atoms with Crippen LogP contribution in [0.1, 0.15) is 10.5 Å². The van der Waals surface area contributed by atoms with Gasteiger partial charge in [0.05, 0.1) is 0 Å². The summed E-state index contributed by atoms with van der Waals surface area (Å²) in [5.74, 6) is -0.948. The summed E-state index contributed by atoms with van der Waals surface area (Å²) in [6.45, 7) is -0.344. The Bertz CT molecular complexity index is 865. The lowest BCUT2D eigenvalue weighted by Gasteiger charge is -2.13. The number of nitrogens with one attached hydrogen (secondary N) is 2. The van der Waals surface area contributed by atoms with Gasteiger partial charge in [-0.25, -0.2) is 4.79 Å². The Kier molecular flexibility index (Phi) is 4.70. The summed E-state index contributed by atoms with van der Waals surface area (Å²) in [7, 11) is 3.88. The number of rotatable bonds is 5. The Labute approximate surface area is 145 Å². The summed E-state index contributed by atoms with van der Waals surface area (Å²) < 4.78 is 5.06. The standard InChI is InChI=1S/C19H19N3O3/c1-22(2)15-9-7-14(8-10-15)20-18(23)12-25-19(24)17-11-13-5-3-4-6-16(13)21-17/h3-11,21H,12H2,1-2H3,(H,20,23). The quantitative estimate of drug-likeness (QED) is 0.702. The molecule has 2 aromatic carbocycles. The number of nitrogens with zero attached hydrogens (tertiary/aromatic N) is 1. The first kappa shape index (κ1) is 16.6.